The topological polar surface area (TPSA) is 0 Å². The minimum atomic E-state index is -2.45. The van der Waals surface area contributed by atoms with Gasteiger partial charge in [0.15, 0.2) is 0 Å². The third-order valence-electron chi connectivity index (χ3n) is 3.99. The van der Waals surface area contributed by atoms with E-state index in [4.69, 9.17) is 0 Å². The number of alkyl halides is 2. The van der Waals surface area contributed by atoms with E-state index in [1.807, 2.05) is 6.92 Å². The molecule has 3 heteroatoms. The first kappa shape index (κ1) is 9.76. The summed E-state index contributed by atoms with van der Waals surface area (Å²) in [5.41, 5.74) is 2.25. The van der Waals surface area contributed by atoms with E-state index < -0.39 is 11.8 Å². The molecule has 0 aromatic carbocycles. The highest BCUT2D eigenvalue weighted by Gasteiger charge is 2.55. The van der Waals surface area contributed by atoms with Gasteiger partial charge in [0.05, 0.1) is 5.92 Å². The molecule has 2 aliphatic rings. The molecule has 1 fully saturated rings. The number of thiophene rings is 1. The van der Waals surface area contributed by atoms with Crippen molar-refractivity contribution in [2.75, 3.05) is 0 Å². The predicted octanol–water partition coefficient (Wildman–Crippen LogP) is 4.05. The molecule has 1 aromatic heterocycles. The fourth-order valence-corrected chi connectivity index (χ4v) is 4.52. The third-order valence-corrected chi connectivity index (χ3v) is 5.07. The van der Waals surface area contributed by atoms with Crippen molar-refractivity contribution in [1.29, 1.82) is 0 Å². The van der Waals surface area contributed by atoms with Crippen LogP contribution >= 0.6 is 11.3 Å². The number of hydrogen-bond donors (Lipinski definition) is 0. The van der Waals surface area contributed by atoms with Crippen LogP contribution in [0.3, 0.4) is 0 Å². The van der Waals surface area contributed by atoms with Gasteiger partial charge >= 0.3 is 0 Å². The molecular formula is C12H14F2S. The summed E-state index contributed by atoms with van der Waals surface area (Å²) in [5, 5.41) is 0. The van der Waals surface area contributed by atoms with Crippen LogP contribution in [0.15, 0.2) is 0 Å². The van der Waals surface area contributed by atoms with Crippen LogP contribution in [0.5, 0.6) is 0 Å². The Balaban J connectivity index is 2.16. The minimum Gasteiger partial charge on any atom is -0.206 e. The van der Waals surface area contributed by atoms with Crippen LogP contribution in [0.4, 0.5) is 8.78 Å². The second-order valence-corrected chi connectivity index (χ2v) is 6.28. The molecule has 1 heterocycles. The normalized spacial score (nSPS) is 31.7. The van der Waals surface area contributed by atoms with E-state index in [1.54, 1.807) is 11.3 Å². The second kappa shape index (κ2) is 2.82. The van der Waals surface area contributed by atoms with Gasteiger partial charge in [-0.05, 0) is 43.7 Å². The van der Waals surface area contributed by atoms with Crippen LogP contribution in [-0.2, 0) is 6.42 Å². The summed E-state index contributed by atoms with van der Waals surface area (Å²) >= 11 is 1.69. The Morgan fingerprint density at radius 1 is 1.27 bits per heavy atom. The maximum Gasteiger partial charge on any atom is 0.255 e. The van der Waals surface area contributed by atoms with Crippen LogP contribution in [0.2, 0.25) is 0 Å². The van der Waals surface area contributed by atoms with E-state index in [2.05, 4.69) is 6.92 Å². The van der Waals surface area contributed by atoms with Crippen LogP contribution in [0.25, 0.3) is 0 Å². The molecule has 0 spiro atoms. The monoisotopic (exact) mass is 228 g/mol. The fraction of sp³-hybridized carbons (Fsp3) is 0.667. The van der Waals surface area contributed by atoms with Crippen LogP contribution in [0, 0.1) is 19.8 Å². The van der Waals surface area contributed by atoms with Gasteiger partial charge in [-0.1, -0.05) is 0 Å². The Bertz CT molecular complexity index is 420. The first-order chi connectivity index (χ1) is 7.00. The zero-order valence-corrected chi connectivity index (χ0v) is 9.76. The Morgan fingerprint density at radius 3 is 2.73 bits per heavy atom. The number of rotatable bonds is 0. The van der Waals surface area contributed by atoms with Crippen molar-refractivity contribution in [2.24, 2.45) is 5.92 Å². The summed E-state index contributed by atoms with van der Waals surface area (Å²) in [6, 6.07) is 0. The van der Waals surface area contributed by atoms with Crippen molar-refractivity contribution >= 4 is 11.3 Å². The predicted molar refractivity (Wildman–Crippen MR) is 57.9 cm³/mol. The van der Waals surface area contributed by atoms with Gasteiger partial charge in [0.1, 0.15) is 0 Å². The minimum absolute atomic E-state index is 0.0934. The summed E-state index contributed by atoms with van der Waals surface area (Å²) in [4.78, 5) is 2.38. The van der Waals surface area contributed by atoms with Gasteiger partial charge in [-0.3, -0.25) is 0 Å². The fourth-order valence-electron chi connectivity index (χ4n) is 3.38. The number of aryl methyl sites for hydroxylation is 2. The molecule has 1 saturated carbocycles. The highest BCUT2D eigenvalue weighted by molar-refractivity contribution is 7.12. The van der Waals surface area contributed by atoms with Crippen molar-refractivity contribution in [1.82, 2.24) is 0 Å². The van der Waals surface area contributed by atoms with Gasteiger partial charge in [-0.2, -0.15) is 0 Å². The van der Waals surface area contributed by atoms with Crippen molar-refractivity contribution < 1.29 is 8.78 Å². The molecule has 0 radical (unpaired) electrons. The molecule has 1 aromatic rings. The summed E-state index contributed by atoms with van der Waals surface area (Å²) in [5.74, 6) is -2.69. The summed E-state index contributed by atoms with van der Waals surface area (Å²) < 4.78 is 27.5. The third kappa shape index (κ3) is 1.16. The van der Waals surface area contributed by atoms with Crippen LogP contribution in [0.1, 0.15) is 39.6 Å². The lowest BCUT2D eigenvalue weighted by Gasteiger charge is -2.19. The highest BCUT2D eigenvalue weighted by atomic mass is 32.1. The van der Waals surface area contributed by atoms with Crippen molar-refractivity contribution in [3.8, 4) is 0 Å². The van der Waals surface area contributed by atoms with Gasteiger partial charge in [0.25, 0.3) is 5.92 Å². The zero-order chi connectivity index (χ0) is 10.8. The van der Waals surface area contributed by atoms with Gasteiger partial charge < -0.3 is 0 Å². The number of hydrogen-bond acceptors (Lipinski definition) is 1. The summed E-state index contributed by atoms with van der Waals surface area (Å²) in [7, 11) is 0. The van der Waals surface area contributed by atoms with E-state index in [1.165, 1.54) is 10.4 Å². The Morgan fingerprint density at radius 2 is 2.00 bits per heavy atom. The van der Waals surface area contributed by atoms with Crippen LogP contribution < -0.4 is 0 Å². The molecular weight excluding hydrogens is 214 g/mol. The maximum absolute atomic E-state index is 13.8. The van der Waals surface area contributed by atoms with E-state index in [0.717, 1.165) is 16.9 Å². The summed E-state index contributed by atoms with van der Waals surface area (Å²) in [6.45, 7) is 4.06. The maximum atomic E-state index is 13.8. The molecule has 0 nitrogen and oxygen atoms in total. The second-order valence-electron chi connectivity index (χ2n) is 4.85. The molecule has 0 aliphatic heterocycles. The Hall–Kier alpha value is -0.440. The molecule has 0 amide bonds. The highest BCUT2D eigenvalue weighted by Crippen LogP contribution is 2.58. The Kier molecular flexibility index (Phi) is 1.83. The largest absolute Gasteiger partial charge is 0.255 e. The first-order valence-corrected chi connectivity index (χ1v) is 6.29. The average Bonchev–Trinajstić information content (AvgIpc) is 2.71. The molecule has 82 valence electrons. The number of fused-ring (bicyclic) bond motifs is 3. The molecule has 3 rings (SSSR count). The van der Waals surface area contributed by atoms with E-state index >= 15 is 0 Å². The van der Waals surface area contributed by atoms with E-state index in [-0.39, 0.29) is 12.3 Å². The lowest BCUT2D eigenvalue weighted by molar-refractivity contribution is -0.0126. The van der Waals surface area contributed by atoms with Crippen LogP contribution in [-0.4, -0.2) is 5.92 Å². The quantitative estimate of drug-likeness (QED) is 0.628. The van der Waals surface area contributed by atoms with E-state index in [9.17, 15) is 8.78 Å². The van der Waals surface area contributed by atoms with Gasteiger partial charge in [0.2, 0.25) is 0 Å². The van der Waals surface area contributed by atoms with E-state index in [0.29, 0.717) is 6.42 Å². The smallest absolute Gasteiger partial charge is 0.206 e. The zero-order valence-electron chi connectivity index (χ0n) is 8.94. The molecule has 0 N–H and O–H groups in total. The van der Waals surface area contributed by atoms with Gasteiger partial charge in [-0.25, -0.2) is 8.78 Å². The molecule has 2 unspecified atom stereocenters. The molecule has 0 saturated heterocycles. The van der Waals surface area contributed by atoms with Crippen molar-refractivity contribution in [2.45, 2.75) is 45.0 Å². The lowest BCUT2D eigenvalue weighted by atomic mass is 9.94. The van der Waals surface area contributed by atoms with Gasteiger partial charge in [-0.15, -0.1) is 11.3 Å². The first-order valence-electron chi connectivity index (χ1n) is 5.47. The Labute approximate surface area is 92.3 Å². The van der Waals surface area contributed by atoms with Crippen molar-refractivity contribution in [3.05, 3.63) is 20.9 Å². The molecule has 15 heavy (non-hydrogen) atoms. The molecule has 0 bridgehead atoms. The number of halogens is 2. The average molecular weight is 228 g/mol. The standard InChI is InChI=1S/C12H14F2S/c1-6-9-5-8-3-4-12(13,14)11(8)10(9)7(2)15-6/h8,11H,3-5H2,1-2H3. The molecule has 2 aliphatic carbocycles. The SMILES string of the molecule is Cc1sc(C)c2c1CC1CCC(F)(F)C21. The molecule has 2 atom stereocenters. The lowest BCUT2D eigenvalue weighted by Crippen LogP contribution is -2.21. The van der Waals surface area contributed by atoms with Gasteiger partial charge in [0, 0.05) is 16.2 Å². The van der Waals surface area contributed by atoms with Crippen molar-refractivity contribution in [3.63, 3.8) is 0 Å². The summed E-state index contributed by atoms with van der Waals surface area (Å²) in [6.07, 6.45) is 1.69.